The van der Waals surface area contributed by atoms with Gasteiger partial charge in [-0.1, -0.05) is 26.0 Å². The fraction of sp³-hybridized carbons (Fsp3) is 0.533. The monoisotopic (exact) mass is 250 g/mol. The SMILES string of the molecule is Cc1cc(C(C)C)ccc1OCC(C)(C)C(=O)O. The molecule has 0 unspecified atom stereocenters. The van der Waals surface area contributed by atoms with Crippen LogP contribution in [0.3, 0.4) is 0 Å². The number of hydrogen-bond donors (Lipinski definition) is 1. The Hall–Kier alpha value is -1.51. The summed E-state index contributed by atoms with van der Waals surface area (Å²) in [6.07, 6.45) is 0. The average molecular weight is 250 g/mol. The Bertz CT molecular complexity index is 433. The van der Waals surface area contributed by atoms with E-state index in [9.17, 15) is 4.79 Å². The standard InChI is InChI=1S/C15H22O3/c1-10(2)12-6-7-13(11(3)8-12)18-9-15(4,5)14(16)17/h6-8,10H,9H2,1-5H3,(H,16,17). The molecule has 1 aromatic rings. The van der Waals surface area contributed by atoms with Gasteiger partial charge in [-0.2, -0.15) is 0 Å². The predicted molar refractivity (Wildman–Crippen MR) is 72.2 cm³/mol. The zero-order valence-electron chi connectivity index (χ0n) is 11.8. The van der Waals surface area contributed by atoms with E-state index in [-0.39, 0.29) is 6.61 Å². The quantitative estimate of drug-likeness (QED) is 0.868. The van der Waals surface area contributed by atoms with Gasteiger partial charge in [0.05, 0.1) is 5.41 Å². The van der Waals surface area contributed by atoms with Crippen LogP contribution in [0.5, 0.6) is 5.75 Å². The topological polar surface area (TPSA) is 46.5 Å². The summed E-state index contributed by atoms with van der Waals surface area (Å²) in [4.78, 5) is 11.0. The van der Waals surface area contributed by atoms with E-state index < -0.39 is 11.4 Å². The van der Waals surface area contributed by atoms with Crippen LogP contribution in [0.25, 0.3) is 0 Å². The van der Waals surface area contributed by atoms with E-state index in [1.807, 2.05) is 19.1 Å². The number of aliphatic carboxylic acids is 1. The molecule has 0 radical (unpaired) electrons. The third-order valence-electron chi connectivity index (χ3n) is 3.03. The Morgan fingerprint density at radius 1 is 1.39 bits per heavy atom. The Labute approximate surface area is 109 Å². The molecule has 100 valence electrons. The zero-order valence-corrected chi connectivity index (χ0v) is 11.8. The number of carboxylic acid groups (broad SMARTS) is 1. The molecular formula is C15H22O3. The summed E-state index contributed by atoms with van der Waals surface area (Å²) < 4.78 is 5.62. The average Bonchev–Trinajstić information content (AvgIpc) is 2.26. The van der Waals surface area contributed by atoms with Gasteiger partial charge in [0.15, 0.2) is 0 Å². The summed E-state index contributed by atoms with van der Waals surface area (Å²) >= 11 is 0. The molecule has 0 bridgehead atoms. The van der Waals surface area contributed by atoms with E-state index in [1.54, 1.807) is 13.8 Å². The normalized spacial score (nSPS) is 11.7. The molecule has 3 nitrogen and oxygen atoms in total. The second kappa shape index (κ2) is 5.42. The van der Waals surface area contributed by atoms with Crippen molar-refractivity contribution in [3.8, 4) is 5.75 Å². The van der Waals surface area contributed by atoms with E-state index in [4.69, 9.17) is 9.84 Å². The van der Waals surface area contributed by atoms with Crippen molar-refractivity contribution in [1.29, 1.82) is 0 Å². The number of carboxylic acids is 1. The van der Waals surface area contributed by atoms with E-state index in [2.05, 4.69) is 19.9 Å². The zero-order chi connectivity index (χ0) is 13.9. The minimum Gasteiger partial charge on any atom is -0.492 e. The maximum Gasteiger partial charge on any atom is 0.312 e. The Morgan fingerprint density at radius 3 is 2.44 bits per heavy atom. The Kier molecular flexibility index (Phi) is 4.38. The lowest BCUT2D eigenvalue weighted by atomic mass is 9.95. The first-order chi connectivity index (χ1) is 8.24. The first kappa shape index (κ1) is 14.6. The molecule has 0 aliphatic heterocycles. The largest absolute Gasteiger partial charge is 0.492 e. The molecule has 0 fully saturated rings. The maximum atomic E-state index is 11.0. The molecule has 0 atom stereocenters. The molecule has 1 rings (SSSR count). The highest BCUT2D eigenvalue weighted by Crippen LogP contribution is 2.25. The summed E-state index contributed by atoms with van der Waals surface area (Å²) in [7, 11) is 0. The van der Waals surface area contributed by atoms with Crippen molar-refractivity contribution < 1.29 is 14.6 Å². The van der Waals surface area contributed by atoms with Crippen LogP contribution in [0, 0.1) is 12.3 Å². The lowest BCUT2D eigenvalue weighted by Crippen LogP contribution is -2.30. The van der Waals surface area contributed by atoms with Crippen LogP contribution in [-0.4, -0.2) is 17.7 Å². The number of rotatable bonds is 5. The fourth-order valence-corrected chi connectivity index (χ4v) is 1.51. The first-order valence-corrected chi connectivity index (χ1v) is 6.21. The molecule has 3 heteroatoms. The second-order valence-electron chi connectivity index (χ2n) is 5.66. The van der Waals surface area contributed by atoms with Crippen molar-refractivity contribution in [3.05, 3.63) is 29.3 Å². The van der Waals surface area contributed by atoms with Crippen molar-refractivity contribution in [1.82, 2.24) is 0 Å². The van der Waals surface area contributed by atoms with Crippen LogP contribution in [0.4, 0.5) is 0 Å². The molecule has 1 aromatic carbocycles. The van der Waals surface area contributed by atoms with E-state index in [0.717, 1.165) is 11.3 Å². The Balaban J connectivity index is 2.78. The lowest BCUT2D eigenvalue weighted by Gasteiger charge is -2.20. The Morgan fingerprint density at radius 2 is 2.00 bits per heavy atom. The number of hydrogen-bond acceptors (Lipinski definition) is 2. The summed E-state index contributed by atoms with van der Waals surface area (Å²) in [6, 6.07) is 6.04. The summed E-state index contributed by atoms with van der Waals surface area (Å²) in [5.41, 5.74) is 1.43. The van der Waals surface area contributed by atoms with Crippen LogP contribution < -0.4 is 4.74 Å². The molecule has 0 aliphatic rings. The second-order valence-corrected chi connectivity index (χ2v) is 5.66. The van der Waals surface area contributed by atoms with Gasteiger partial charge in [0.1, 0.15) is 12.4 Å². The summed E-state index contributed by atoms with van der Waals surface area (Å²) in [5, 5.41) is 9.03. The van der Waals surface area contributed by atoms with Gasteiger partial charge < -0.3 is 9.84 Å². The number of aryl methyl sites for hydroxylation is 1. The van der Waals surface area contributed by atoms with Gasteiger partial charge in [-0.05, 0) is 43.9 Å². The van der Waals surface area contributed by atoms with Gasteiger partial charge in [0.25, 0.3) is 0 Å². The van der Waals surface area contributed by atoms with Crippen molar-refractivity contribution in [2.75, 3.05) is 6.61 Å². The molecule has 0 saturated heterocycles. The number of ether oxygens (including phenoxy) is 1. The van der Waals surface area contributed by atoms with E-state index >= 15 is 0 Å². The molecule has 0 spiro atoms. The van der Waals surface area contributed by atoms with Crippen LogP contribution >= 0.6 is 0 Å². The molecule has 0 aliphatic carbocycles. The van der Waals surface area contributed by atoms with Crippen molar-refractivity contribution >= 4 is 5.97 Å². The van der Waals surface area contributed by atoms with Gasteiger partial charge >= 0.3 is 5.97 Å². The number of benzene rings is 1. The van der Waals surface area contributed by atoms with Crippen LogP contribution in [0.1, 0.15) is 44.7 Å². The third kappa shape index (κ3) is 3.49. The van der Waals surface area contributed by atoms with Gasteiger partial charge in [-0.15, -0.1) is 0 Å². The smallest absolute Gasteiger partial charge is 0.312 e. The predicted octanol–water partition coefficient (Wildman–Crippen LogP) is 3.61. The van der Waals surface area contributed by atoms with Crippen LogP contribution in [-0.2, 0) is 4.79 Å². The van der Waals surface area contributed by atoms with Gasteiger partial charge in [0, 0.05) is 0 Å². The van der Waals surface area contributed by atoms with E-state index in [1.165, 1.54) is 5.56 Å². The molecule has 1 N–H and O–H groups in total. The molecule has 0 aromatic heterocycles. The van der Waals surface area contributed by atoms with Gasteiger partial charge in [0.2, 0.25) is 0 Å². The molecule has 0 amide bonds. The summed E-state index contributed by atoms with van der Waals surface area (Å²) in [5.74, 6) is 0.390. The van der Waals surface area contributed by atoms with Crippen molar-refractivity contribution in [2.45, 2.75) is 40.5 Å². The van der Waals surface area contributed by atoms with Crippen LogP contribution in [0.2, 0.25) is 0 Å². The highest BCUT2D eigenvalue weighted by Gasteiger charge is 2.28. The highest BCUT2D eigenvalue weighted by atomic mass is 16.5. The maximum absolute atomic E-state index is 11.0. The minimum atomic E-state index is -0.872. The van der Waals surface area contributed by atoms with Gasteiger partial charge in [-0.25, -0.2) is 0 Å². The molecule has 0 heterocycles. The minimum absolute atomic E-state index is 0.171. The molecule has 18 heavy (non-hydrogen) atoms. The lowest BCUT2D eigenvalue weighted by molar-refractivity contribution is -0.148. The van der Waals surface area contributed by atoms with Crippen molar-refractivity contribution in [2.24, 2.45) is 5.41 Å². The number of carbonyl (C=O) groups is 1. The third-order valence-corrected chi connectivity index (χ3v) is 3.03. The van der Waals surface area contributed by atoms with Gasteiger partial charge in [-0.3, -0.25) is 4.79 Å². The molecule has 0 saturated carbocycles. The first-order valence-electron chi connectivity index (χ1n) is 6.21. The van der Waals surface area contributed by atoms with Crippen molar-refractivity contribution in [3.63, 3.8) is 0 Å². The van der Waals surface area contributed by atoms with Crippen LogP contribution in [0.15, 0.2) is 18.2 Å². The molecular weight excluding hydrogens is 228 g/mol. The van der Waals surface area contributed by atoms with E-state index in [0.29, 0.717) is 5.92 Å². The highest BCUT2D eigenvalue weighted by molar-refractivity contribution is 5.73. The fourth-order valence-electron chi connectivity index (χ4n) is 1.51. The summed E-state index contributed by atoms with van der Waals surface area (Å²) in [6.45, 7) is 9.76.